The summed E-state index contributed by atoms with van der Waals surface area (Å²) in [6.07, 6.45) is 4.63. The summed E-state index contributed by atoms with van der Waals surface area (Å²) in [5.74, 6) is 2.38. The number of fused-ring (bicyclic) bond motifs is 2. The minimum absolute atomic E-state index is 0.311. The molecule has 0 radical (unpaired) electrons. The first-order valence-corrected chi connectivity index (χ1v) is 15.2. The SMILES string of the molecule is Cn1cnc2cc(Oc3c(Br)cc(Nc4ncnc5cnc(N6CCN(C(=O)OC(C)(C)C)CC6)nc45)cc3Br)ccc21. The Hall–Kier alpha value is -4.04. The van der Waals surface area contributed by atoms with Gasteiger partial charge < -0.3 is 29.2 Å². The van der Waals surface area contributed by atoms with E-state index in [0.717, 1.165) is 25.7 Å². The summed E-state index contributed by atoms with van der Waals surface area (Å²) in [5.41, 5.74) is 3.30. The third kappa shape index (κ3) is 6.34. The zero-order valence-electron chi connectivity index (χ0n) is 24.0. The monoisotopic (exact) mass is 709 g/mol. The van der Waals surface area contributed by atoms with Crippen LogP contribution in [0.5, 0.6) is 11.5 Å². The van der Waals surface area contributed by atoms with Crippen molar-refractivity contribution in [3.63, 3.8) is 0 Å². The quantitative estimate of drug-likeness (QED) is 0.218. The fourth-order valence-corrected chi connectivity index (χ4v) is 6.02. The minimum atomic E-state index is -0.535. The molecule has 0 saturated carbocycles. The van der Waals surface area contributed by atoms with Crippen molar-refractivity contribution in [3.05, 3.63) is 58.1 Å². The van der Waals surface area contributed by atoms with Gasteiger partial charge in [0.1, 0.15) is 28.7 Å². The van der Waals surface area contributed by atoms with Gasteiger partial charge in [0.25, 0.3) is 0 Å². The van der Waals surface area contributed by atoms with Crippen LogP contribution in [0.15, 0.2) is 58.1 Å². The molecular weight excluding hydrogens is 682 g/mol. The average molecular weight is 711 g/mol. The number of amides is 1. The zero-order valence-corrected chi connectivity index (χ0v) is 27.2. The first kappa shape index (κ1) is 29.1. The third-order valence-electron chi connectivity index (χ3n) is 6.76. The lowest BCUT2D eigenvalue weighted by Gasteiger charge is -2.35. The Morgan fingerprint density at radius 2 is 1.70 bits per heavy atom. The second kappa shape index (κ2) is 11.6. The second-order valence-electron chi connectivity index (χ2n) is 11.1. The van der Waals surface area contributed by atoms with E-state index in [1.807, 2.05) is 67.6 Å². The molecule has 5 aromatic rings. The summed E-state index contributed by atoms with van der Waals surface area (Å²) < 4.78 is 15.2. The van der Waals surface area contributed by atoms with Crippen molar-refractivity contribution in [1.29, 1.82) is 0 Å². The summed E-state index contributed by atoms with van der Waals surface area (Å²) in [5, 5.41) is 3.36. The van der Waals surface area contributed by atoms with E-state index in [9.17, 15) is 4.79 Å². The van der Waals surface area contributed by atoms with Crippen molar-refractivity contribution < 1.29 is 14.3 Å². The third-order valence-corrected chi connectivity index (χ3v) is 7.93. The highest BCUT2D eigenvalue weighted by molar-refractivity contribution is 9.11. The lowest BCUT2D eigenvalue weighted by molar-refractivity contribution is 0.0240. The van der Waals surface area contributed by atoms with E-state index < -0.39 is 5.60 Å². The molecule has 1 aliphatic rings. The number of piperazine rings is 1. The predicted octanol–water partition coefficient (Wildman–Crippen LogP) is 6.42. The Morgan fingerprint density at radius 1 is 0.953 bits per heavy atom. The molecule has 1 aliphatic heterocycles. The van der Waals surface area contributed by atoms with Gasteiger partial charge in [-0.2, -0.15) is 0 Å². The molecule has 4 heterocycles. The largest absolute Gasteiger partial charge is 0.455 e. The molecule has 12 nitrogen and oxygen atoms in total. The van der Waals surface area contributed by atoms with Crippen LogP contribution in [-0.2, 0) is 11.8 Å². The molecule has 6 rings (SSSR count). The number of hydrogen-bond acceptors (Lipinski definition) is 10. The molecular formula is C29H29Br2N9O3. The normalized spacial score (nSPS) is 13.9. The molecule has 0 atom stereocenters. The molecule has 14 heteroatoms. The van der Waals surface area contributed by atoms with Crippen LogP contribution in [0.3, 0.4) is 0 Å². The summed E-state index contributed by atoms with van der Waals surface area (Å²) in [7, 11) is 1.96. The van der Waals surface area contributed by atoms with Gasteiger partial charge in [-0.3, -0.25) is 0 Å². The standard InChI is InChI=1S/C29H29Br2N9O3/c1-29(2,3)43-28(41)40-9-7-39(8-10-40)27-32-14-22-24(37-27)26(34-15-33-22)36-17-11-19(30)25(20(31)12-17)42-18-5-6-23-21(13-18)35-16-38(23)4/h5-6,11-16H,7-10H2,1-4H3,(H,33,34,36). The number of aromatic nitrogens is 6. The number of nitrogens with one attached hydrogen (secondary N) is 1. The van der Waals surface area contributed by atoms with E-state index in [1.54, 1.807) is 17.4 Å². The minimum Gasteiger partial charge on any atom is -0.455 e. The van der Waals surface area contributed by atoms with Crippen molar-refractivity contribution in [3.8, 4) is 11.5 Å². The van der Waals surface area contributed by atoms with Crippen LogP contribution in [0.2, 0.25) is 0 Å². The van der Waals surface area contributed by atoms with Gasteiger partial charge in [-0.25, -0.2) is 29.7 Å². The number of ether oxygens (including phenoxy) is 2. The zero-order chi connectivity index (χ0) is 30.3. The fraction of sp³-hybridized carbons (Fsp3) is 0.310. The van der Waals surface area contributed by atoms with Crippen molar-refractivity contribution in [2.75, 3.05) is 36.4 Å². The van der Waals surface area contributed by atoms with E-state index in [-0.39, 0.29) is 6.09 Å². The highest BCUT2D eigenvalue weighted by Gasteiger charge is 2.27. The molecule has 2 aromatic carbocycles. The first-order valence-electron chi connectivity index (χ1n) is 13.6. The summed E-state index contributed by atoms with van der Waals surface area (Å²) in [6, 6.07) is 9.61. The maximum Gasteiger partial charge on any atom is 0.410 e. The molecule has 1 amide bonds. The number of benzene rings is 2. The van der Waals surface area contributed by atoms with Crippen LogP contribution in [0.4, 0.5) is 22.2 Å². The molecule has 3 aromatic heterocycles. The second-order valence-corrected chi connectivity index (χ2v) is 12.8. The number of nitrogens with zero attached hydrogens (tertiary/aromatic N) is 8. The van der Waals surface area contributed by atoms with Crippen LogP contribution in [-0.4, -0.2) is 72.3 Å². The van der Waals surface area contributed by atoms with Gasteiger partial charge in [0.2, 0.25) is 5.95 Å². The molecule has 222 valence electrons. The van der Waals surface area contributed by atoms with E-state index >= 15 is 0 Å². The van der Waals surface area contributed by atoms with E-state index in [4.69, 9.17) is 14.5 Å². The number of aryl methyl sites for hydroxylation is 1. The Balaban J connectivity index is 1.19. The number of carbonyl (C=O) groups excluding carboxylic acids is 1. The van der Waals surface area contributed by atoms with Gasteiger partial charge in [0.15, 0.2) is 11.6 Å². The molecule has 0 spiro atoms. The number of anilines is 3. The Kier molecular flexibility index (Phi) is 7.81. The highest BCUT2D eigenvalue weighted by Crippen LogP contribution is 2.40. The lowest BCUT2D eigenvalue weighted by Crippen LogP contribution is -2.50. The Bertz CT molecular complexity index is 1810. The van der Waals surface area contributed by atoms with Crippen LogP contribution in [0.1, 0.15) is 20.8 Å². The van der Waals surface area contributed by atoms with Crippen molar-refractivity contribution in [2.24, 2.45) is 7.05 Å². The van der Waals surface area contributed by atoms with Crippen molar-refractivity contribution in [1.82, 2.24) is 34.4 Å². The van der Waals surface area contributed by atoms with Gasteiger partial charge in [-0.1, -0.05) is 0 Å². The number of rotatable bonds is 5. The summed E-state index contributed by atoms with van der Waals surface area (Å²) in [4.78, 5) is 38.8. The van der Waals surface area contributed by atoms with E-state index in [2.05, 4.69) is 57.1 Å². The molecule has 0 aliphatic carbocycles. The molecule has 1 N–H and O–H groups in total. The van der Waals surface area contributed by atoms with E-state index in [1.165, 1.54) is 6.33 Å². The molecule has 43 heavy (non-hydrogen) atoms. The molecule has 1 saturated heterocycles. The smallest absolute Gasteiger partial charge is 0.410 e. The number of carbonyl (C=O) groups is 1. The van der Waals surface area contributed by atoms with Crippen molar-refractivity contribution >= 4 is 77.5 Å². The predicted molar refractivity (Wildman–Crippen MR) is 171 cm³/mol. The fourth-order valence-electron chi connectivity index (χ4n) is 4.67. The van der Waals surface area contributed by atoms with Crippen molar-refractivity contribution in [2.45, 2.75) is 26.4 Å². The van der Waals surface area contributed by atoms with Gasteiger partial charge in [0, 0.05) is 45.0 Å². The number of imidazole rings is 1. The molecule has 0 bridgehead atoms. The number of halogens is 2. The van der Waals surface area contributed by atoms with Gasteiger partial charge in [-0.15, -0.1) is 0 Å². The molecule has 0 unspecified atom stereocenters. The maximum absolute atomic E-state index is 12.5. The Morgan fingerprint density at radius 3 is 2.42 bits per heavy atom. The average Bonchev–Trinajstić information content (AvgIpc) is 3.34. The maximum atomic E-state index is 12.5. The van der Waals surface area contributed by atoms with Crippen LogP contribution >= 0.6 is 31.9 Å². The lowest BCUT2D eigenvalue weighted by atomic mass is 10.2. The van der Waals surface area contributed by atoms with Gasteiger partial charge in [-0.05, 0) is 76.9 Å². The molecule has 1 fully saturated rings. The van der Waals surface area contributed by atoms with Crippen LogP contribution in [0.25, 0.3) is 22.1 Å². The summed E-state index contributed by atoms with van der Waals surface area (Å²) >= 11 is 7.30. The van der Waals surface area contributed by atoms with Gasteiger partial charge in [0.05, 0.1) is 32.5 Å². The van der Waals surface area contributed by atoms with Crippen LogP contribution in [0, 0.1) is 0 Å². The van der Waals surface area contributed by atoms with Gasteiger partial charge >= 0.3 is 6.09 Å². The Labute approximate surface area is 264 Å². The number of hydrogen-bond donors (Lipinski definition) is 1. The first-order chi connectivity index (χ1) is 20.5. The van der Waals surface area contributed by atoms with E-state index in [0.29, 0.717) is 60.5 Å². The highest BCUT2D eigenvalue weighted by atomic mass is 79.9. The topological polar surface area (TPSA) is 123 Å². The van der Waals surface area contributed by atoms with Crippen LogP contribution < -0.4 is 15.0 Å². The summed E-state index contributed by atoms with van der Waals surface area (Å²) in [6.45, 7) is 7.77.